The molecule has 0 radical (unpaired) electrons. The summed E-state index contributed by atoms with van der Waals surface area (Å²) in [6.07, 6.45) is 2.11. The van der Waals surface area contributed by atoms with Crippen LogP contribution in [0.25, 0.3) is 0 Å². The largest absolute Gasteiger partial charge is 0.480 e. The van der Waals surface area contributed by atoms with E-state index in [1.165, 1.54) is 6.07 Å². The lowest BCUT2D eigenvalue weighted by Gasteiger charge is -2.22. The van der Waals surface area contributed by atoms with Crippen LogP contribution < -0.4 is 4.90 Å². The third-order valence-electron chi connectivity index (χ3n) is 2.98. The van der Waals surface area contributed by atoms with Gasteiger partial charge in [0.15, 0.2) is 0 Å². The van der Waals surface area contributed by atoms with Gasteiger partial charge in [0, 0.05) is 17.1 Å². The molecule has 0 atom stereocenters. The molecule has 102 valence electrons. The number of nitrogens with zero attached hydrogens (tertiary/aromatic N) is 2. The van der Waals surface area contributed by atoms with Gasteiger partial charge >= 0.3 is 5.97 Å². The summed E-state index contributed by atoms with van der Waals surface area (Å²) in [5.74, 6) is -0.548. The summed E-state index contributed by atoms with van der Waals surface area (Å²) in [5.41, 5.74) is 0.291. The summed E-state index contributed by atoms with van der Waals surface area (Å²) >= 11 is 3.27. The fraction of sp³-hybridized carbons (Fsp3) is 0.417. The second-order valence-corrected chi connectivity index (χ2v) is 5.52. The van der Waals surface area contributed by atoms with Gasteiger partial charge in [-0.15, -0.1) is 0 Å². The van der Waals surface area contributed by atoms with Crippen molar-refractivity contribution in [2.75, 3.05) is 18.0 Å². The van der Waals surface area contributed by atoms with Crippen molar-refractivity contribution in [1.29, 1.82) is 0 Å². The molecule has 1 aliphatic carbocycles. The van der Waals surface area contributed by atoms with Crippen LogP contribution in [0.15, 0.2) is 22.7 Å². The van der Waals surface area contributed by atoms with Crippen molar-refractivity contribution in [3.8, 4) is 0 Å². The molecule has 0 saturated heterocycles. The topological polar surface area (TPSA) is 83.7 Å². The molecular weight excluding hydrogens is 316 g/mol. The summed E-state index contributed by atoms with van der Waals surface area (Å²) in [6.45, 7) is 0.317. The normalized spacial score (nSPS) is 14.2. The third kappa shape index (κ3) is 3.66. The van der Waals surface area contributed by atoms with Crippen molar-refractivity contribution in [3.63, 3.8) is 0 Å². The van der Waals surface area contributed by atoms with E-state index in [1.807, 2.05) is 0 Å². The Labute approximate surface area is 118 Å². The van der Waals surface area contributed by atoms with Crippen molar-refractivity contribution in [2.45, 2.75) is 12.8 Å². The van der Waals surface area contributed by atoms with Gasteiger partial charge in [-0.25, -0.2) is 0 Å². The van der Waals surface area contributed by atoms with Gasteiger partial charge in [0.2, 0.25) is 0 Å². The summed E-state index contributed by atoms with van der Waals surface area (Å²) in [6, 6.07) is 4.57. The molecule has 0 aromatic heterocycles. The van der Waals surface area contributed by atoms with Gasteiger partial charge in [-0.1, -0.05) is 15.9 Å². The molecular formula is C12H13BrN2O4. The van der Waals surface area contributed by atoms with E-state index in [0.29, 0.717) is 22.6 Å². The molecule has 1 fully saturated rings. The molecule has 0 unspecified atom stereocenters. The summed E-state index contributed by atoms with van der Waals surface area (Å²) in [7, 11) is 0. The van der Waals surface area contributed by atoms with Crippen LogP contribution in [0.2, 0.25) is 0 Å². The molecule has 19 heavy (non-hydrogen) atoms. The summed E-state index contributed by atoms with van der Waals surface area (Å²) in [5, 5.41) is 20.0. The Balaban J connectivity index is 2.34. The zero-order chi connectivity index (χ0) is 14.0. The molecule has 0 aliphatic heterocycles. The van der Waals surface area contributed by atoms with E-state index in [9.17, 15) is 14.9 Å². The van der Waals surface area contributed by atoms with Crippen LogP contribution in [-0.2, 0) is 4.79 Å². The fourth-order valence-electron chi connectivity index (χ4n) is 1.93. The van der Waals surface area contributed by atoms with Crippen molar-refractivity contribution in [2.24, 2.45) is 5.92 Å². The van der Waals surface area contributed by atoms with Crippen molar-refractivity contribution < 1.29 is 14.8 Å². The van der Waals surface area contributed by atoms with Gasteiger partial charge < -0.3 is 10.0 Å². The lowest BCUT2D eigenvalue weighted by molar-refractivity contribution is -0.384. The molecule has 1 aromatic rings. The number of carboxylic acids is 1. The van der Waals surface area contributed by atoms with E-state index in [-0.39, 0.29) is 12.2 Å². The molecule has 1 N–H and O–H groups in total. The quantitative estimate of drug-likeness (QED) is 0.641. The lowest BCUT2D eigenvalue weighted by atomic mass is 10.2. The number of benzene rings is 1. The number of rotatable bonds is 6. The monoisotopic (exact) mass is 328 g/mol. The molecule has 0 bridgehead atoms. The third-order valence-corrected chi connectivity index (χ3v) is 3.47. The van der Waals surface area contributed by atoms with Gasteiger partial charge in [0.05, 0.1) is 4.92 Å². The summed E-state index contributed by atoms with van der Waals surface area (Å²) in [4.78, 5) is 23.1. The Morgan fingerprint density at radius 2 is 2.21 bits per heavy atom. The zero-order valence-corrected chi connectivity index (χ0v) is 11.7. The number of anilines is 1. The Hall–Kier alpha value is -1.63. The Kier molecular flexibility index (Phi) is 4.04. The lowest BCUT2D eigenvalue weighted by Crippen LogP contribution is -2.32. The smallest absolute Gasteiger partial charge is 0.323 e. The van der Waals surface area contributed by atoms with E-state index < -0.39 is 10.9 Å². The van der Waals surface area contributed by atoms with E-state index in [2.05, 4.69) is 15.9 Å². The highest BCUT2D eigenvalue weighted by Gasteiger charge is 2.28. The Morgan fingerprint density at radius 3 is 2.74 bits per heavy atom. The number of hydrogen-bond acceptors (Lipinski definition) is 4. The standard InChI is InChI=1S/C12H13BrN2O4/c13-9-3-4-10(15(18)19)11(5-9)14(7-12(16)17)6-8-1-2-8/h3-5,8H,1-2,6-7H2,(H,16,17). The van der Waals surface area contributed by atoms with Crippen LogP contribution in [0.5, 0.6) is 0 Å². The van der Waals surface area contributed by atoms with Gasteiger partial charge in [-0.2, -0.15) is 0 Å². The average Bonchev–Trinajstić information content (AvgIpc) is 3.11. The number of halogens is 1. The minimum Gasteiger partial charge on any atom is -0.480 e. The predicted molar refractivity (Wildman–Crippen MR) is 73.4 cm³/mol. The maximum absolute atomic E-state index is 11.0. The highest BCUT2D eigenvalue weighted by molar-refractivity contribution is 9.10. The highest BCUT2D eigenvalue weighted by atomic mass is 79.9. The molecule has 1 saturated carbocycles. The van der Waals surface area contributed by atoms with Crippen molar-refractivity contribution >= 4 is 33.3 Å². The number of nitro benzene ring substituents is 1. The van der Waals surface area contributed by atoms with Gasteiger partial charge in [0.1, 0.15) is 12.2 Å². The van der Waals surface area contributed by atoms with Crippen LogP contribution in [0, 0.1) is 16.0 Å². The van der Waals surface area contributed by atoms with Crippen LogP contribution in [0.3, 0.4) is 0 Å². The second kappa shape index (κ2) is 5.56. The zero-order valence-electron chi connectivity index (χ0n) is 10.1. The first-order chi connectivity index (χ1) is 8.97. The first-order valence-corrected chi connectivity index (χ1v) is 6.67. The van der Waals surface area contributed by atoms with Gasteiger partial charge in [-0.05, 0) is 30.9 Å². The van der Waals surface area contributed by atoms with Crippen LogP contribution in [-0.4, -0.2) is 29.1 Å². The Morgan fingerprint density at radius 1 is 1.53 bits per heavy atom. The van der Waals surface area contributed by atoms with Crippen molar-refractivity contribution in [1.82, 2.24) is 0 Å². The fourth-order valence-corrected chi connectivity index (χ4v) is 2.28. The number of carboxylic acid groups (broad SMARTS) is 1. The first-order valence-electron chi connectivity index (χ1n) is 5.88. The summed E-state index contributed by atoms with van der Waals surface area (Å²) < 4.78 is 0.694. The maximum atomic E-state index is 11.0. The molecule has 7 heteroatoms. The Bertz CT molecular complexity index is 516. The SMILES string of the molecule is O=C(O)CN(CC1CC1)c1cc(Br)ccc1[N+](=O)[O-]. The molecule has 6 nitrogen and oxygen atoms in total. The first kappa shape index (κ1) is 13.8. The van der Waals surface area contributed by atoms with Gasteiger partial charge in [-0.3, -0.25) is 14.9 Å². The number of aliphatic carboxylic acids is 1. The number of nitro groups is 1. The van der Waals surface area contributed by atoms with Crippen LogP contribution in [0.4, 0.5) is 11.4 Å². The van der Waals surface area contributed by atoms with Gasteiger partial charge in [0.25, 0.3) is 5.69 Å². The molecule has 2 rings (SSSR count). The molecule has 0 heterocycles. The predicted octanol–water partition coefficient (Wildman–Crippen LogP) is 2.66. The number of hydrogen-bond donors (Lipinski definition) is 1. The minimum absolute atomic E-state index is 0.0647. The molecule has 0 spiro atoms. The molecule has 0 amide bonds. The van der Waals surface area contributed by atoms with E-state index in [1.54, 1.807) is 17.0 Å². The van der Waals surface area contributed by atoms with E-state index in [0.717, 1.165) is 12.8 Å². The van der Waals surface area contributed by atoms with E-state index in [4.69, 9.17) is 5.11 Å². The second-order valence-electron chi connectivity index (χ2n) is 4.61. The van der Waals surface area contributed by atoms with E-state index >= 15 is 0 Å². The highest BCUT2D eigenvalue weighted by Crippen LogP contribution is 2.36. The van der Waals surface area contributed by atoms with Crippen LogP contribution >= 0.6 is 15.9 Å². The van der Waals surface area contributed by atoms with Crippen molar-refractivity contribution in [3.05, 3.63) is 32.8 Å². The maximum Gasteiger partial charge on any atom is 0.323 e. The molecule has 1 aliphatic rings. The number of carbonyl (C=O) groups is 1. The minimum atomic E-state index is -0.991. The molecule has 1 aromatic carbocycles. The average molecular weight is 329 g/mol. The van der Waals surface area contributed by atoms with Crippen LogP contribution in [0.1, 0.15) is 12.8 Å².